The van der Waals surface area contributed by atoms with Crippen molar-refractivity contribution < 1.29 is 38.0 Å². The molecule has 0 unspecified atom stereocenters. The van der Waals surface area contributed by atoms with E-state index in [-0.39, 0.29) is 12.2 Å². The molecule has 0 radical (unpaired) electrons. The third kappa shape index (κ3) is 12.7. The molecule has 22 heteroatoms. The molecule has 2 saturated heterocycles. The van der Waals surface area contributed by atoms with Gasteiger partial charge in [-0.15, -0.1) is 0 Å². The zero-order valence-electron chi connectivity index (χ0n) is 44.0. The van der Waals surface area contributed by atoms with Crippen molar-refractivity contribution in [1.29, 1.82) is 0 Å². The predicted octanol–water partition coefficient (Wildman–Crippen LogP) is 6.59. The van der Waals surface area contributed by atoms with Crippen LogP contribution in [0.3, 0.4) is 0 Å². The molecular weight excluding hydrogens is 949 g/mol. The van der Waals surface area contributed by atoms with E-state index in [1.807, 2.05) is 82.5 Å². The first-order valence-corrected chi connectivity index (χ1v) is 25.7. The normalized spacial score (nSPS) is 16.8. The van der Waals surface area contributed by atoms with Gasteiger partial charge in [0.25, 0.3) is 0 Å². The predicted molar refractivity (Wildman–Crippen MR) is 271 cm³/mol. The summed E-state index contributed by atoms with van der Waals surface area (Å²) in [4.78, 5) is 45.4. The zero-order chi connectivity index (χ0) is 52.0. The topological polar surface area (TPSA) is 219 Å². The fourth-order valence-electron chi connectivity index (χ4n) is 9.78. The Kier molecular flexibility index (Phi) is 15.9. The molecule has 2 amide bonds. The molecule has 10 heterocycles. The van der Waals surface area contributed by atoms with Crippen molar-refractivity contribution in [3.63, 3.8) is 0 Å². The Balaban J connectivity index is 0.000000182. The maximum absolute atomic E-state index is 12.4. The lowest BCUT2D eigenvalue weighted by molar-refractivity contribution is 0.0166. The monoisotopic (exact) mass is 1020 g/mol. The number of rotatable bonds is 10. The van der Waals surface area contributed by atoms with Crippen LogP contribution in [0.4, 0.5) is 9.59 Å². The third-order valence-corrected chi connectivity index (χ3v) is 13.4. The van der Waals surface area contributed by atoms with E-state index in [1.54, 1.807) is 39.0 Å². The number of ether oxygens (including phenoxy) is 6. The van der Waals surface area contributed by atoms with Crippen LogP contribution in [0.25, 0.3) is 33.9 Å². The molecule has 22 nitrogen and oxygen atoms in total. The molecule has 74 heavy (non-hydrogen) atoms. The van der Waals surface area contributed by atoms with Crippen LogP contribution < -0.4 is 9.47 Å². The standard InChI is InChI=1S/2C26H35N7O4/c1-26(2,3)37-25(34)31-9-5-18(6-10-31)16-32-17-19(13-29-32)23-21-7-11-36-12-8-22(21)33(30-23)20-14-27-24(35-4)28-15-20;1-26(2,3)37-25(34)31-9-5-18(6-10-31)16-32-17-19(13-29-32)23-21-7-11-36-12-8-22(21)30-33(23)20-14-27-24(35-4)28-15-20/h2*13-15,17-18H,5-12,16H2,1-4H3. The van der Waals surface area contributed by atoms with Crippen molar-refractivity contribution in [2.24, 2.45) is 11.8 Å². The largest absolute Gasteiger partial charge is 0.467 e. The van der Waals surface area contributed by atoms with Crippen LogP contribution in [0, 0.1) is 11.8 Å². The number of piperidine rings is 2. The van der Waals surface area contributed by atoms with E-state index in [2.05, 4.69) is 37.4 Å². The Labute approximate surface area is 431 Å². The van der Waals surface area contributed by atoms with Gasteiger partial charge < -0.3 is 38.2 Å². The van der Waals surface area contributed by atoms with E-state index in [0.717, 1.165) is 110 Å². The fourth-order valence-corrected chi connectivity index (χ4v) is 9.78. The molecule has 0 aliphatic carbocycles. The summed E-state index contributed by atoms with van der Waals surface area (Å²) < 4.78 is 40.6. The number of likely N-dealkylation sites (tertiary alicyclic amines) is 2. The van der Waals surface area contributed by atoms with Gasteiger partial charge in [0, 0.05) is 86.8 Å². The summed E-state index contributed by atoms with van der Waals surface area (Å²) in [6.45, 7) is 18.4. The average Bonchev–Trinajstić information content (AvgIpc) is 4.13. The fraction of sp³-hybridized carbons (Fsp3) is 0.577. The van der Waals surface area contributed by atoms with Gasteiger partial charge in [0.2, 0.25) is 0 Å². The molecule has 6 aromatic heterocycles. The molecule has 2 fully saturated rings. The first-order valence-electron chi connectivity index (χ1n) is 25.7. The second-order valence-electron chi connectivity index (χ2n) is 21.2. The van der Waals surface area contributed by atoms with Gasteiger partial charge in [-0.25, -0.2) is 38.9 Å². The van der Waals surface area contributed by atoms with Gasteiger partial charge in [-0.3, -0.25) is 9.36 Å². The van der Waals surface area contributed by atoms with E-state index in [9.17, 15) is 9.59 Å². The Hall–Kier alpha value is -6.94. The number of aromatic nitrogens is 12. The number of hydrogen-bond acceptors (Lipinski definition) is 16. The van der Waals surface area contributed by atoms with E-state index >= 15 is 0 Å². The van der Waals surface area contributed by atoms with Gasteiger partial charge in [0.05, 0.1) is 101 Å². The van der Waals surface area contributed by atoms with Gasteiger partial charge in [0.15, 0.2) is 0 Å². The Morgan fingerprint density at radius 1 is 0.581 bits per heavy atom. The van der Waals surface area contributed by atoms with E-state index in [0.29, 0.717) is 76.5 Å². The maximum Gasteiger partial charge on any atom is 0.410 e. The molecule has 4 aliphatic heterocycles. The molecule has 0 aromatic carbocycles. The molecule has 0 atom stereocenters. The Morgan fingerprint density at radius 3 is 1.55 bits per heavy atom. The minimum Gasteiger partial charge on any atom is -0.467 e. The number of methoxy groups -OCH3 is 2. The second kappa shape index (κ2) is 22.7. The first kappa shape index (κ1) is 51.9. The van der Waals surface area contributed by atoms with Crippen molar-refractivity contribution in [3.05, 3.63) is 72.1 Å². The van der Waals surface area contributed by atoms with Crippen LogP contribution in [0.1, 0.15) is 89.7 Å². The van der Waals surface area contributed by atoms with Crippen LogP contribution in [0.15, 0.2) is 49.6 Å². The summed E-state index contributed by atoms with van der Waals surface area (Å²) in [5, 5.41) is 19.2. The molecular formula is C52H70N14O8. The molecule has 0 bridgehead atoms. The van der Waals surface area contributed by atoms with Crippen molar-refractivity contribution >= 4 is 12.2 Å². The zero-order valence-corrected chi connectivity index (χ0v) is 44.0. The second-order valence-corrected chi connectivity index (χ2v) is 21.2. The quantitative estimate of drug-likeness (QED) is 0.141. The van der Waals surface area contributed by atoms with Crippen molar-refractivity contribution in [2.75, 3.05) is 66.8 Å². The highest BCUT2D eigenvalue weighted by molar-refractivity contribution is 5.69. The highest BCUT2D eigenvalue weighted by atomic mass is 16.6. The van der Waals surface area contributed by atoms with Crippen LogP contribution in [0.5, 0.6) is 12.0 Å². The number of hydrogen-bond donors (Lipinski definition) is 0. The maximum atomic E-state index is 12.4. The van der Waals surface area contributed by atoms with Crippen molar-refractivity contribution in [1.82, 2.24) is 68.9 Å². The van der Waals surface area contributed by atoms with Crippen LogP contribution in [-0.4, -0.2) is 159 Å². The highest BCUT2D eigenvalue weighted by Crippen LogP contribution is 2.33. The molecule has 0 saturated carbocycles. The highest BCUT2D eigenvalue weighted by Gasteiger charge is 2.30. The van der Waals surface area contributed by atoms with E-state index < -0.39 is 11.2 Å². The molecule has 10 rings (SSSR count). The van der Waals surface area contributed by atoms with Gasteiger partial charge in [0.1, 0.15) is 22.6 Å². The number of carbonyl (C=O) groups excluding carboxylic acids is 2. The summed E-state index contributed by atoms with van der Waals surface area (Å²) in [5.41, 5.74) is 9.01. The van der Waals surface area contributed by atoms with E-state index in [4.69, 9.17) is 43.7 Å². The van der Waals surface area contributed by atoms with Crippen molar-refractivity contribution in [3.8, 4) is 45.9 Å². The number of carbonyl (C=O) groups is 2. The summed E-state index contributed by atoms with van der Waals surface area (Å²) in [5.74, 6) is 0.891. The number of nitrogens with zero attached hydrogens (tertiary/aromatic N) is 14. The summed E-state index contributed by atoms with van der Waals surface area (Å²) in [7, 11) is 3.10. The van der Waals surface area contributed by atoms with Gasteiger partial charge in [-0.2, -0.15) is 20.4 Å². The lowest BCUT2D eigenvalue weighted by Crippen LogP contribution is -2.42. The molecule has 6 aromatic rings. The summed E-state index contributed by atoms with van der Waals surface area (Å²) in [6, 6.07) is 0.640. The molecule has 0 N–H and O–H groups in total. The number of fused-ring (bicyclic) bond motifs is 2. The van der Waals surface area contributed by atoms with Crippen LogP contribution in [-0.2, 0) is 57.7 Å². The van der Waals surface area contributed by atoms with Crippen molar-refractivity contribution in [2.45, 2.75) is 117 Å². The summed E-state index contributed by atoms with van der Waals surface area (Å²) >= 11 is 0. The smallest absolute Gasteiger partial charge is 0.410 e. The lowest BCUT2D eigenvalue weighted by atomic mass is 9.97. The molecule has 396 valence electrons. The van der Waals surface area contributed by atoms with Crippen LogP contribution >= 0.6 is 0 Å². The SMILES string of the molecule is COc1ncc(-n2nc(-c3cnn(CC4CCN(C(=O)OC(C)(C)C)CC4)c3)c3c2CCOCC3)cn1.COc1ncc(-n2nc3c(c2-c2cnn(CC4CCN(C(=O)OC(C)(C)C)CC4)c2)CCOCC3)cn1. The van der Waals surface area contributed by atoms with Gasteiger partial charge in [-0.05, 0) is 91.9 Å². The summed E-state index contributed by atoms with van der Waals surface area (Å²) in [6.07, 6.45) is 21.2. The lowest BCUT2D eigenvalue weighted by Gasteiger charge is -2.33. The first-order chi connectivity index (χ1) is 35.6. The Bertz CT molecular complexity index is 2820. The number of amides is 2. The average molecular weight is 1020 g/mol. The van der Waals surface area contributed by atoms with Crippen LogP contribution in [0.2, 0.25) is 0 Å². The van der Waals surface area contributed by atoms with E-state index in [1.165, 1.54) is 11.1 Å². The molecule has 0 spiro atoms. The molecule has 4 aliphatic rings. The minimum absolute atomic E-state index is 0.227. The Morgan fingerprint density at radius 2 is 1.04 bits per heavy atom. The third-order valence-electron chi connectivity index (χ3n) is 13.4. The van der Waals surface area contributed by atoms with Gasteiger partial charge in [-0.1, -0.05) is 0 Å². The van der Waals surface area contributed by atoms with Gasteiger partial charge >= 0.3 is 24.2 Å². The minimum atomic E-state index is -0.478.